The predicted molar refractivity (Wildman–Crippen MR) is 66.6 cm³/mol. The molecule has 1 aromatic rings. The fourth-order valence-corrected chi connectivity index (χ4v) is 2.14. The van der Waals surface area contributed by atoms with E-state index in [0.29, 0.717) is 6.04 Å². The van der Waals surface area contributed by atoms with Gasteiger partial charge in [0.1, 0.15) is 0 Å². The van der Waals surface area contributed by atoms with E-state index in [9.17, 15) is 0 Å². The summed E-state index contributed by atoms with van der Waals surface area (Å²) < 4.78 is 0. The molecule has 1 unspecified atom stereocenters. The highest BCUT2D eigenvalue weighted by atomic mass is 32.1. The highest BCUT2D eigenvalue weighted by Gasteiger charge is 2.09. The Hall–Kier alpha value is -0.450. The quantitative estimate of drug-likeness (QED) is 0.799. The molecule has 0 fully saturated rings. The highest BCUT2D eigenvalue weighted by molar-refractivity contribution is 7.09. The lowest BCUT2D eigenvalue weighted by Gasteiger charge is -2.17. The molecule has 0 aromatic carbocycles. The van der Waals surface area contributed by atoms with Crippen molar-refractivity contribution in [2.45, 2.75) is 25.8 Å². The van der Waals surface area contributed by atoms with Crippen LogP contribution in [0.5, 0.6) is 0 Å². The summed E-state index contributed by atoms with van der Waals surface area (Å²) in [6.07, 6.45) is 2.20. The summed E-state index contributed by atoms with van der Waals surface area (Å²) in [5.41, 5.74) is 1.22. The van der Waals surface area contributed by atoms with Gasteiger partial charge < -0.3 is 10.2 Å². The van der Waals surface area contributed by atoms with E-state index in [1.54, 1.807) is 11.3 Å². The molecule has 0 saturated heterocycles. The number of likely N-dealkylation sites (N-methyl/N-ethyl adjacent to an activating group) is 1. The lowest BCUT2D eigenvalue weighted by Crippen LogP contribution is -2.31. The molecule has 86 valence electrons. The van der Waals surface area contributed by atoms with E-state index in [-0.39, 0.29) is 0 Å². The van der Waals surface area contributed by atoms with Crippen LogP contribution in [0.3, 0.4) is 0 Å². The largest absolute Gasteiger partial charge is 0.317 e. The topological polar surface area (TPSA) is 28.2 Å². The van der Waals surface area contributed by atoms with E-state index in [1.807, 2.05) is 7.05 Å². The third-order valence-corrected chi connectivity index (χ3v) is 3.28. The zero-order valence-electron chi connectivity index (χ0n) is 10.1. The van der Waals surface area contributed by atoms with E-state index >= 15 is 0 Å². The van der Waals surface area contributed by atoms with Crippen molar-refractivity contribution in [1.29, 1.82) is 0 Å². The molecule has 1 N–H and O–H groups in total. The average Bonchev–Trinajstić information content (AvgIpc) is 2.58. The van der Waals surface area contributed by atoms with Gasteiger partial charge >= 0.3 is 0 Å². The number of aryl methyl sites for hydroxylation is 1. The minimum absolute atomic E-state index is 0.536. The van der Waals surface area contributed by atoms with Crippen LogP contribution >= 0.6 is 11.3 Å². The van der Waals surface area contributed by atoms with Crippen LogP contribution in [0.1, 0.15) is 17.1 Å². The fourth-order valence-electron chi connectivity index (χ4n) is 1.52. The number of hydrogen-bond donors (Lipinski definition) is 1. The second kappa shape index (κ2) is 6.20. The van der Waals surface area contributed by atoms with Gasteiger partial charge in [-0.1, -0.05) is 0 Å². The maximum Gasteiger partial charge on any atom is 0.0897 e. The van der Waals surface area contributed by atoms with Crippen LogP contribution in [0.15, 0.2) is 5.38 Å². The first kappa shape index (κ1) is 12.6. The van der Waals surface area contributed by atoms with Crippen LogP contribution in [0.2, 0.25) is 0 Å². The zero-order valence-corrected chi connectivity index (χ0v) is 10.9. The average molecular weight is 227 g/mol. The Balaban J connectivity index is 2.39. The van der Waals surface area contributed by atoms with Crippen LogP contribution < -0.4 is 5.32 Å². The summed E-state index contributed by atoms with van der Waals surface area (Å²) in [6, 6.07) is 0.536. The van der Waals surface area contributed by atoms with Crippen molar-refractivity contribution in [3.05, 3.63) is 16.1 Å². The van der Waals surface area contributed by atoms with Crippen LogP contribution in [-0.4, -0.2) is 43.6 Å². The fraction of sp³-hybridized carbons (Fsp3) is 0.727. The first-order chi connectivity index (χ1) is 7.11. The van der Waals surface area contributed by atoms with Crippen molar-refractivity contribution >= 4 is 11.3 Å². The molecule has 15 heavy (non-hydrogen) atoms. The lowest BCUT2D eigenvalue weighted by atomic mass is 10.1. The summed E-state index contributed by atoms with van der Waals surface area (Å²) in [6.45, 7) is 3.18. The molecule has 1 aromatic heterocycles. The van der Waals surface area contributed by atoms with Gasteiger partial charge in [-0.3, -0.25) is 0 Å². The van der Waals surface area contributed by atoms with Gasteiger partial charge in [0.05, 0.1) is 10.7 Å². The molecule has 4 heteroatoms. The molecule has 0 spiro atoms. The Morgan fingerprint density at radius 3 is 2.73 bits per heavy atom. The molecular formula is C11H21N3S. The van der Waals surface area contributed by atoms with Gasteiger partial charge in [0.2, 0.25) is 0 Å². The third kappa shape index (κ3) is 4.73. The summed E-state index contributed by atoms with van der Waals surface area (Å²) in [7, 11) is 6.25. The third-order valence-electron chi connectivity index (χ3n) is 2.46. The van der Waals surface area contributed by atoms with Gasteiger partial charge in [-0.15, -0.1) is 11.3 Å². The van der Waals surface area contributed by atoms with Crippen molar-refractivity contribution in [3.8, 4) is 0 Å². The van der Waals surface area contributed by atoms with Crippen molar-refractivity contribution in [3.63, 3.8) is 0 Å². The Kier molecular flexibility index (Phi) is 5.22. The SMILES string of the molecule is CNC(CCN(C)C)Cc1csc(C)n1. The number of nitrogens with one attached hydrogen (secondary N) is 1. The summed E-state index contributed by atoms with van der Waals surface area (Å²) in [4.78, 5) is 6.71. The summed E-state index contributed by atoms with van der Waals surface area (Å²) >= 11 is 1.73. The van der Waals surface area contributed by atoms with E-state index in [0.717, 1.165) is 18.0 Å². The van der Waals surface area contributed by atoms with Crippen LogP contribution in [-0.2, 0) is 6.42 Å². The van der Waals surface area contributed by atoms with E-state index in [2.05, 4.69) is 41.6 Å². The molecular weight excluding hydrogens is 206 g/mol. The predicted octanol–water partition coefficient (Wildman–Crippen LogP) is 1.53. The molecule has 1 heterocycles. The maximum atomic E-state index is 4.49. The van der Waals surface area contributed by atoms with Gasteiger partial charge in [-0.25, -0.2) is 4.98 Å². The molecule has 0 aliphatic heterocycles. The van der Waals surface area contributed by atoms with Gasteiger partial charge in [-0.2, -0.15) is 0 Å². The number of hydrogen-bond acceptors (Lipinski definition) is 4. The van der Waals surface area contributed by atoms with E-state index in [1.165, 1.54) is 12.1 Å². The highest BCUT2D eigenvalue weighted by Crippen LogP contribution is 2.11. The number of nitrogens with zero attached hydrogens (tertiary/aromatic N) is 2. The number of rotatable bonds is 6. The van der Waals surface area contributed by atoms with Crippen LogP contribution in [0, 0.1) is 6.92 Å². The molecule has 0 aliphatic rings. The Morgan fingerprint density at radius 1 is 1.53 bits per heavy atom. The smallest absolute Gasteiger partial charge is 0.0897 e. The van der Waals surface area contributed by atoms with Crippen molar-refractivity contribution in [1.82, 2.24) is 15.2 Å². The molecule has 0 aliphatic carbocycles. The van der Waals surface area contributed by atoms with Gasteiger partial charge in [0, 0.05) is 17.8 Å². The summed E-state index contributed by atoms with van der Waals surface area (Å²) in [5.74, 6) is 0. The van der Waals surface area contributed by atoms with Gasteiger partial charge in [0.15, 0.2) is 0 Å². The second-order valence-corrected chi connectivity index (χ2v) is 5.20. The molecule has 0 amide bonds. The van der Waals surface area contributed by atoms with Crippen molar-refractivity contribution < 1.29 is 0 Å². The Labute approximate surface area is 96.5 Å². The van der Waals surface area contributed by atoms with E-state index in [4.69, 9.17) is 0 Å². The molecule has 0 radical (unpaired) electrons. The number of thiazole rings is 1. The summed E-state index contributed by atoms with van der Waals surface area (Å²) in [5, 5.41) is 6.67. The Bertz CT molecular complexity index is 283. The van der Waals surface area contributed by atoms with Gasteiger partial charge in [0.25, 0.3) is 0 Å². The lowest BCUT2D eigenvalue weighted by molar-refractivity contribution is 0.363. The van der Waals surface area contributed by atoms with Gasteiger partial charge in [-0.05, 0) is 41.0 Å². The minimum Gasteiger partial charge on any atom is -0.317 e. The molecule has 0 saturated carbocycles. The second-order valence-electron chi connectivity index (χ2n) is 4.14. The molecule has 1 rings (SSSR count). The molecule has 1 atom stereocenters. The standard InChI is InChI=1S/C11H21N3S/c1-9-13-11(8-15-9)7-10(12-2)5-6-14(3)4/h8,10,12H,5-7H2,1-4H3. The monoisotopic (exact) mass is 227 g/mol. The van der Waals surface area contributed by atoms with Crippen LogP contribution in [0.4, 0.5) is 0 Å². The maximum absolute atomic E-state index is 4.49. The first-order valence-electron chi connectivity index (χ1n) is 5.35. The van der Waals surface area contributed by atoms with E-state index < -0.39 is 0 Å². The van der Waals surface area contributed by atoms with Crippen molar-refractivity contribution in [2.75, 3.05) is 27.7 Å². The number of aromatic nitrogens is 1. The first-order valence-corrected chi connectivity index (χ1v) is 6.22. The normalized spacial score (nSPS) is 13.4. The van der Waals surface area contributed by atoms with Crippen molar-refractivity contribution in [2.24, 2.45) is 0 Å². The Morgan fingerprint density at radius 2 is 2.27 bits per heavy atom. The molecule has 0 bridgehead atoms. The molecule has 3 nitrogen and oxygen atoms in total. The van der Waals surface area contributed by atoms with Crippen LogP contribution in [0.25, 0.3) is 0 Å². The minimum atomic E-state index is 0.536. The zero-order chi connectivity index (χ0) is 11.3.